The molecule has 2 rings (SSSR count). The Balaban J connectivity index is 0.000000160. The Kier molecular flexibility index (Phi) is 4.21. The second-order valence-electron chi connectivity index (χ2n) is 3.28. The van der Waals surface area contributed by atoms with Gasteiger partial charge in [0.1, 0.15) is 5.75 Å². The number of hydrogen-bond acceptors (Lipinski definition) is 3. The first-order valence-electron chi connectivity index (χ1n) is 4.83. The number of phenols is 3. The molecule has 3 heteroatoms. The van der Waals surface area contributed by atoms with E-state index in [1.807, 2.05) is 25.1 Å². The van der Waals surface area contributed by atoms with Crippen LogP contribution in [-0.4, -0.2) is 15.3 Å². The summed E-state index contributed by atoms with van der Waals surface area (Å²) in [4.78, 5) is 0. The van der Waals surface area contributed by atoms with Gasteiger partial charge in [-0.25, -0.2) is 0 Å². The summed E-state index contributed by atoms with van der Waals surface area (Å²) in [5, 5.41) is 26.3. The van der Waals surface area contributed by atoms with Crippen molar-refractivity contribution < 1.29 is 15.3 Å². The first-order valence-corrected chi connectivity index (χ1v) is 4.83. The fraction of sp³-hybridized carbons (Fsp3) is 0.0769. The number of hydrogen-bond donors (Lipinski definition) is 3. The summed E-state index contributed by atoms with van der Waals surface area (Å²) >= 11 is 0. The van der Waals surface area contributed by atoms with Crippen molar-refractivity contribution in [3.8, 4) is 17.2 Å². The molecule has 0 saturated heterocycles. The molecule has 0 spiro atoms. The monoisotopic (exact) mass is 218 g/mol. The molecule has 2 aromatic rings. The highest BCUT2D eigenvalue weighted by atomic mass is 16.3. The fourth-order valence-electron chi connectivity index (χ4n) is 1.03. The summed E-state index contributed by atoms with van der Waals surface area (Å²) in [5.41, 5.74) is 0.924. The molecule has 0 aromatic heterocycles. The van der Waals surface area contributed by atoms with Crippen LogP contribution in [0.4, 0.5) is 0 Å². The van der Waals surface area contributed by atoms with Gasteiger partial charge in [0.05, 0.1) is 0 Å². The first kappa shape index (κ1) is 11.9. The van der Waals surface area contributed by atoms with E-state index in [9.17, 15) is 0 Å². The SMILES string of the molecule is Cc1ccccc1O.Oc1ccccc1O. The average Bonchev–Trinajstić information content (AvgIpc) is 2.28. The van der Waals surface area contributed by atoms with Gasteiger partial charge >= 0.3 is 0 Å². The zero-order valence-electron chi connectivity index (χ0n) is 8.96. The molecular weight excluding hydrogens is 204 g/mol. The van der Waals surface area contributed by atoms with E-state index in [0.717, 1.165) is 5.56 Å². The van der Waals surface area contributed by atoms with E-state index in [2.05, 4.69) is 0 Å². The van der Waals surface area contributed by atoms with Gasteiger partial charge in [-0.05, 0) is 30.7 Å². The van der Waals surface area contributed by atoms with Crippen LogP contribution in [0.2, 0.25) is 0 Å². The lowest BCUT2D eigenvalue weighted by Crippen LogP contribution is -1.68. The Bertz CT molecular complexity index is 367. The minimum atomic E-state index is -0.0764. The molecule has 0 atom stereocenters. The summed E-state index contributed by atoms with van der Waals surface area (Å²) < 4.78 is 0. The van der Waals surface area contributed by atoms with E-state index in [0.29, 0.717) is 5.75 Å². The minimum Gasteiger partial charge on any atom is -0.508 e. The number of aryl methyl sites for hydroxylation is 1. The molecule has 0 fully saturated rings. The summed E-state index contributed by atoms with van der Waals surface area (Å²) in [5.74, 6) is 0.215. The number of rotatable bonds is 0. The van der Waals surface area contributed by atoms with E-state index in [-0.39, 0.29) is 11.5 Å². The van der Waals surface area contributed by atoms with Crippen LogP contribution in [0.25, 0.3) is 0 Å². The van der Waals surface area contributed by atoms with Gasteiger partial charge in [-0.3, -0.25) is 0 Å². The standard InChI is InChI=1S/C7H8O.C6H6O2/c1-6-4-2-3-5-7(6)8;7-5-3-1-2-4-6(5)8/h2-5,8H,1H3;1-4,7-8H. The van der Waals surface area contributed by atoms with Gasteiger partial charge in [0.2, 0.25) is 0 Å². The van der Waals surface area contributed by atoms with Crippen molar-refractivity contribution in [2.75, 3.05) is 0 Å². The Morgan fingerprint density at radius 2 is 1.00 bits per heavy atom. The van der Waals surface area contributed by atoms with Gasteiger partial charge in [-0.1, -0.05) is 30.3 Å². The van der Waals surface area contributed by atoms with Crippen molar-refractivity contribution in [3.63, 3.8) is 0 Å². The molecule has 0 saturated carbocycles. The van der Waals surface area contributed by atoms with Gasteiger partial charge in [0, 0.05) is 0 Å². The number of aromatic hydroxyl groups is 3. The summed E-state index contributed by atoms with van der Waals surface area (Å²) in [6.45, 7) is 1.87. The normalized spacial score (nSPS) is 9.06. The molecule has 0 aliphatic rings. The Morgan fingerprint density at radius 3 is 1.25 bits per heavy atom. The van der Waals surface area contributed by atoms with Crippen molar-refractivity contribution in [1.82, 2.24) is 0 Å². The minimum absolute atomic E-state index is 0.0764. The molecule has 0 aliphatic heterocycles. The molecule has 3 nitrogen and oxygen atoms in total. The zero-order chi connectivity index (χ0) is 12.0. The van der Waals surface area contributed by atoms with Crippen molar-refractivity contribution in [2.45, 2.75) is 6.92 Å². The molecular formula is C13H14O3. The highest BCUT2D eigenvalue weighted by molar-refractivity contribution is 5.36. The molecule has 0 radical (unpaired) electrons. The van der Waals surface area contributed by atoms with Crippen LogP contribution in [0.3, 0.4) is 0 Å². The molecule has 2 aromatic carbocycles. The summed E-state index contributed by atoms with van der Waals surface area (Å²) in [6, 6.07) is 13.4. The molecule has 84 valence electrons. The predicted octanol–water partition coefficient (Wildman–Crippen LogP) is 2.80. The molecule has 0 amide bonds. The van der Waals surface area contributed by atoms with Gasteiger partial charge in [0.25, 0.3) is 0 Å². The average molecular weight is 218 g/mol. The van der Waals surface area contributed by atoms with Crippen molar-refractivity contribution >= 4 is 0 Å². The third kappa shape index (κ3) is 3.53. The Morgan fingerprint density at radius 1 is 0.625 bits per heavy atom. The molecule has 0 aliphatic carbocycles. The molecule has 0 bridgehead atoms. The first-order chi connectivity index (χ1) is 7.61. The molecule has 16 heavy (non-hydrogen) atoms. The van der Waals surface area contributed by atoms with E-state index in [4.69, 9.17) is 15.3 Å². The lowest BCUT2D eigenvalue weighted by atomic mass is 10.2. The lowest BCUT2D eigenvalue weighted by Gasteiger charge is -1.92. The second-order valence-corrected chi connectivity index (χ2v) is 3.28. The van der Waals surface area contributed by atoms with E-state index in [1.165, 1.54) is 12.1 Å². The van der Waals surface area contributed by atoms with Crippen molar-refractivity contribution in [2.24, 2.45) is 0 Å². The Labute approximate surface area is 94.2 Å². The Hall–Kier alpha value is -2.16. The number of benzene rings is 2. The smallest absolute Gasteiger partial charge is 0.157 e. The van der Waals surface area contributed by atoms with Gasteiger partial charge in [0.15, 0.2) is 11.5 Å². The topological polar surface area (TPSA) is 60.7 Å². The third-order valence-corrected chi connectivity index (χ3v) is 2.00. The van der Waals surface area contributed by atoms with Crippen LogP contribution < -0.4 is 0 Å². The van der Waals surface area contributed by atoms with Crippen molar-refractivity contribution in [3.05, 3.63) is 54.1 Å². The zero-order valence-corrected chi connectivity index (χ0v) is 8.96. The van der Waals surface area contributed by atoms with Crippen molar-refractivity contribution in [1.29, 1.82) is 0 Å². The highest BCUT2D eigenvalue weighted by Gasteiger charge is 1.90. The largest absolute Gasteiger partial charge is 0.508 e. The fourth-order valence-corrected chi connectivity index (χ4v) is 1.03. The van der Waals surface area contributed by atoms with E-state index < -0.39 is 0 Å². The van der Waals surface area contributed by atoms with Crippen LogP contribution in [0.15, 0.2) is 48.5 Å². The van der Waals surface area contributed by atoms with E-state index in [1.54, 1.807) is 18.2 Å². The summed E-state index contributed by atoms with van der Waals surface area (Å²) in [6.07, 6.45) is 0. The van der Waals surface area contributed by atoms with Gasteiger partial charge in [-0.2, -0.15) is 0 Å². The summed E-state index contributed by atoms with van der Waals surface area (Å²) in [7, 11) is 0. The van der Waals surface area contributed by atoms with Crippen LogP contribution in [0, 0.1) is 6.92 Å². The lowest BCUT2D eigenvalue weighted by molar-refractivity contribution is 0.404. The van der Waals surface area contributed by atoms with E-state index >= 15 is 0 Å². The number of phenolic OH excluding ortho intramolecular Hbond substituents is 3. The van der Waals surface area contributed by atoms with Crippen LogP contribution in [-0.2, 0) is 0 Å². The maximum Gasteiger partial charge on any atom is 0.157 e. The predicted molar refractivity (Wildman–Crippen MR) is 62.6 cm³/mol. The highest BCUT2D eigenvalue weighted by Crippen LogP contribution is 2.21. The molecule has 0 unspecified atom stereocenters. The van der Waals surface area contributed by atoms with Gasteiger partial charge < -0.3 is 15.3 Å². The second kappa shape index (κ2) is 5.66. The van der Waals surface area contributed by atoms with Crippen LogP contribution in [0.5, 0.6) is 17.2 Å². The molecule has 3 N–H and O–H groups in total. The third-order valence-electron chi connectivity index (χ3n) is 2.00. The van der Waals surface area contributed by atoms with Crippen LogP contribution in [0.1, 0.15) is 5.56 Å². The quantitative estimate of drug-likeness (QED) is 0.596. The van der Waals surface area contributed by atoms with Gasteiger partial charge in [-0.15, -0.1) is 0 Å². The maximum atomic E-state index is 8.92. The number of para-hydroxylation sites is 3. The molecule has 0 heterocycles. The maximum absolute atomic E-state index is 8.92. The van der Waals surface area contributed by atoms with Crippen LogP contribution >= 0.6 is 0 Å².